The molecule has 1 amide bonds. The molecule has 0 aromatic heterocycles. The number of nitrogens with zero attached hydrogens (tertiary/aromatic N) is 1. The van der Waals surface area contributed by atoms with E-state index >= 15 is 0 Å². The van der Waals surface area contributed by atoms with Gasteiger partial charge in [-0.2, -0.15) is 5.10 Å². The van der Waals surface area contributed by atoms with Crippen LogP contribution in [0.2, 0.25) is 0 Å². The molecule has 0 saturated carbocycles. The summed E-state index contributed by atoms with van der Waals surface area (Å²) in [6, 6.07) is 14.2. The zero-order chi connectivity index (χ0) is 17.8. The van der Waals surface area contributed by atoms with Gasteiger partial charge in [0, 0.05) is 0 Å². The van der Waals surface area contributed by atoms with E-state index in [2.05, 4.69) is 48.3 Å². The van der Waals surface area contributed by atoms with Crippen LogP contribution < -0.4 is 5.43 Å². The first-order valence-electron chi connectivity index (χ1n) is 8.69. The highest BCUT2D eigenvalue weighted by atomic mass is 16.2. The molecule has 1 aliphatic rings. The van der Waals surface area contributed by atoms with Crippen LogP contribution in [0.4, 0.5) is 0 Å². The van der Waals surface area contributed by atoms with Gasteiger partial charge in [-0.1, -0.05) is 60.7 Å². The number of carbonyl (C=O) groups excluding carboxylic acids is 1. The molecule has 25 heavy (non-hydrogen) atoms. The monoisotopic (exact) mass is 332 g/mol. The van der Waals surface area contributed by atoms with Gasteiger partial charge in [-0.15, -0.1) is 0 Å². The van der Waals surface area contributed by atoms with Crippen LogP contribution in [-0.4, -0.2) is 11.6 Å². The molecule has 1 atom stereocenters. The maximum atomic E-state index is 12.4. The molecule has 0 fully saturated rings. The Morgan fingerprint density at radius 2 is 2.00 bits per heavy atom. The van der Waals surface area contributed by atoms with Crippen LogP contribution in [0, 0.1) is 5.92 Å². The molecule has 0 heterocycles. The van der Waals surface area contributed by atoms with Crippen LogP contribution in [0.3, 0.4) is 0 Å². The van der Waals surface area contributed by atoms with E-state index in [1.807, 2.05) is 31.2 Å². The number of nitrogens with one attached hydrogen (secondary N) is 1. The van der Waals surface area contributed by atoms with Gasteiger partial charge in [0.05, 0.1) is 12.1 Å². The summed E-state index contributed by atoms with van der Waals surface area (Å²) in [6.07, 6.45) is 4.35. The molecule has 3 heteroatoms. The Hall–Kier alpha value is -2.68. The largest absolute Gasteiger partial charge is 0.273 e. The second-order valence-corrected chi connectivity index (χ2v) is 6.78. The molecule has 1 N–H and O–H groups in total. The lowest BCUT2D eigenvalue weighted by atomic mass is 9.85. The zero-order valence-electron chi connectivity index (χ0n) is 14.9. The molecule has 2 aromatic rings. The minimum Gasteiger partial charge on any atom is -0.273 e. The lowest BCUT2D eigenvalue weighted by Crippen LogP contribution is -2.24. The SMILES string of the molecule is C=C(C)C1CC=C(C)/C(=N\NC(=O)Cc2cccc3ccccc23)C1. The molecule has 128 valence electrons. The van der Waals surface area contributed by atoms with E-state index in [9.17, 15) is 4.79 Å². The van der Waals surface area contributed by atoms with Crippen molar-refractivity contribution in [3.8, 4) is 0 Å². The molecule has 1 unspecified atom stereocenters. The lowest BCUT2D eigenvalue weighted by Gasteiger charge is -2.22. The smallest absolute Gasteiger partial charge is 0.244 e. The number of rotatable bonds is 4. The van der Waals surface area contributed by atoms with E-state index in [0.717, 1.165) is 40.5 Å². The van der Waals surface area contributed by atoms with Crippen molar-refractivity contribution < 1.29 is 4.79 Å². The first kappa shape index (κ1) is 17.2. The van der Waals surface area contributed by atoms with Gasteiger partial charge < -0.3 is 0 Å². The Balaban J connectivity index is 1.71. The fraction of sp³-hybridized carbons (Fsp3) is 0.273. The number of hydrogen-bond donors (Lipinski definition) is 1. The molecule has 0 aliphatic heterocycles. The predicted molar refractivity (Wildman–Crippen MR) is 105 cm³/mol. The highest BCUT2D eigenvalue weighted by Gasteiger charge is 2.18. The van der Waals surface area contributed by atoms with Gasteiger partial charge in [-0.3, -0.25) is 4.79 Å². The Morgan fingerprint density at radius 1 is 1.24 bits per heavy atom. The normalized spacial score (nSPS) is 18.9. The van der Waals surface area contributed by atoms with Crippen LogP contribution in [0.5, 0.6) is 0 Å². The summed E-state index contributed by atoms with van der Waals surface area (Å²) in [6.45, 7) is 8.14. The molecule has 1 aliphatic carbocycles. The van der Waals surface area contributed by atoms with Crippen molar-refractivity contribution in [1.29, 1.82) is 0 Å². The van der Waals surface area contributed by atoms with Gasteiger partial charge in [0.2, 0.25) is 5.91 Å². The lowest BCUT2D eigenvalue weighted by molar-refractivity contribution is -0.120. The number of hydrazone groups is 1. The molecule has 0 bridgehead atoms. The van der Waals surface area contributed by atoms with Crippen LogP contribution in [0.15, 0.2) is 71.4 Å². The fourth-order valence-corrected chi connectivity index (χ4v) is 3.21. The van der Waals surface area contributed by atoms with E-state index < -0.39 is 0 Å². The number of amides is 1. The molecular formula is C22H24N2O. The standard InChI is InChI=1S/C22H24N2O/c1-15(2)18-12-11-16(3)21(13-18)23-24-22(25)14-19-9-6-8-17-7-4-5-10-20(17)19/h4-11,18H,1,12-14H2,2-3H3,(H,24,25)/b23-21-. The molecular weight excluding hydrogens is 308 g/mol. The van der Waals surface area contributed by atoms with Crippen molar-refractivity contribution >= 4 is 22.4 Å². The third-order valence-electron chi connectivity index (χ3n) is 4.85. The highest BCUT2D eigenvalue weighted by molar-refractivity contribution is 6.01. The fourth-order valence-electron chi connectivity index (χ4n) is 3.21. The number of benzene rings is 2. The Labute approximate surface area is 149 Å². The van der Waals surface area contributed by atoms with Crippen LogP contribution >= 0.6 is 0 Å². The van der Waals surface area contributed by atoms with E-state index in [0.29, 0.717) is 12.3 Å². The maximum Gasteiger partial charge on any atom is 0.244 e. The molecule has 3 rings (SSSR count). The number of carbonyl (C=O) groups is 1. The number of fused-ring (bicyclic) bond motifs is 1. The summed E-state index contributed by atoms with van der Waals surface area (Å²) in [5, 5.41) is 6.64. The first-order valence-corrected chi connectivity index (χ1v) is 8.69. The van der Waals surface area contributed by atoms with Gasteiger partial charge in [0.25, 0.3) is 0 Å². The van der Waals surface area contributed by atoms with Crippen LogP contribution in [0.25, 0.3) is 10.8 Å². The second-order valence-electron chi connectivity index (χ2n) is 6.78. The van der Waals surface area contributed by atoms with Crippen LogP contribution in [0.1, 0.15) is 32.3 Å². The Kier molecular flexibility index (Phi) is 5.13. The molecule has 0 radical (unpaired) electrons. The van der Waals surface area contributed by atoms with Crippen molar-refractivity contribution in [2.45, 2.75) is 33.1 Å². The average molecular weight is 332 g/mol. The number of hydrogen-bond acceptors (Lipinski definition) is 2. The van der Waals surface area contributed by atoms with Gasteiger partial charge in [-0.25, -0.2) is 5.43 Å². The Morgan fingerprint density at radius 3 is 2.80 bits per heavy atom. The maximum absolute atomic E-state index is 12.4. The van der Waals surface area contributed by atoms with E-state index in [1.165, 1.54) is 5.57 Å². The van der Waals surface area contributed by atoms with Crippen molar-refractivity contribution in [3.05, 3.63) is 71.8 Å². The summed E-state index contributed by atoms with van der Waals surface area (Å²) in [4.78, 5) is 12.4. The summed E-state index contributed by atoms with van der Waals surface area (Å²) >= 11 is 0. The zero-order valence-corrected chi connectivity index (χ0v) is 14.9. The second kappa shape index (κ2) is 7.47. The van der Waals surface area contributed by atoms with Gasteiger partial charge in [0.15, 0.2) is 0 Å². The van der Waals surface area contributed by atoms with E-state index in [1.54, 1.807) is 0 Å². The molecule has 0 saturated heterocycles. The molecule has 0 spiro atoms. The van der Waals surface area contributed by atoms with E-state index in [4.69, 9.17) is 0 Å². The minimum absolute atomic E-state index is 0.0888. The van der Waals surface area contributed by atoms with E-state index in [-0.39, 0.29) is 5.91 Å². The van der Waals surface area contributed by atoms with Crippen molar-refractivity contribution in [3.63, 3.8) is 0 Å². The average Bonchev–Trinajstić information content (AvgIpc) is 2.61. The molecule has 2 aromatic carbocycles. The first-order chi connectivity index (χ1) is 12.0. The quantitative estimate of drug-likeness (QED) is 0.635. The summed E-state index contributed by atoms with van der Waals surface area (Å²) in [7, 11) is 0. The third-order valence-corrected chi connectivity index (χ3v) is 4.85. The Bertz CT molecular complexity index is 871. The molecule has 3 nitrogen and oxygen atoms in total. The van der Waals surface area contributed by atoms with Gasteiger partial charge >= 0.3 is 0 Å². The van der Waals surface area contributed by atoms with Gasteiger partial charge in [-0.05, 0) is 54.5 Å². The minimum atomic E-state index is -0.0888. The van der Waals surface area contributed by atoms with Crippen molar-refractivity contribution in [2.24, 2.45) is 11.0 Å². The van der Waals surface area contributed by atoms with Crippen molar-refractivity contribution in [2.75, 3.05) is 0 Å². The van der Waals surface area contributed by atoms with Gasteiger partial charge in [0.1, 0.15) is 0 Å². The number of allylic oxidation sites excluding steroid dienone is 3. The van der Waals surface area contributed by atoms with Crippen LogP contribution in [-0.2, 0) is 11.2 Å². The predicted octanol–water partition coefficient (Wildman–Crippen LogP) is 4.79. The van der Waals surface area contributed by atoms with Crippen molar-refractivity contribution in [1.82, 2.24) is 5.43 Å². The topological polar surface area (TPSA) is 41.5 Å². The third kappa shape index (κ3) is 4.05. The summed E-state index contributed by atoms with van der Waals surface area (Å²) in [5.41, 5.74) is 7.01. The summed E-state index contributed by atoms with van der Waals surface area (Å²) < 4.78 is 0. The summed E-state index contributed by atoms with van der Waals surface area (Å²) in [5.74, 6) is 0.325. The highest BCUT2D eigenvalue weighted by Crippen LogP contribution is 2.26.